The van der Waals surface area contributed by atoms with Gasteiger partial charge >= 0.3 is 0 Å². The van der Waals surface area contributed by atoms with E-state index in [-0.39, 0.29) is 23.1 Å². The van der Waals surface area contributed by atoms with Gasteiger partial charge in [0.05, 0.1) is 6.61 Å². The Morgan fingerprint density at radius 1 is 1.12 bits per heavy atom. The number of aliphatic hydroxyl groups is 3. The Balaban J connectivity index is 1.44. The molecule has 11 heteroatoms. The largest absolute Gasteiger partial charge is 0.394 e. The van der Waals surface area contributed by atoms with Gasteiger partial charge in [-0.3, -0.25) is 14.3 Å². The van der Waals surface area contributed by atoms with Crippen molar-refractivity contribution >= 4 is 28.7 Å². The summed E-state index contributed by atoms with van der Waals surface area (Å²) < 4.78 is 7.08. The summed E-state index contributed by atoms with van der Waals surface area (Å²) in [7, 11) is 0. The lowest BCUT2D eigenvalue weighted by molar-refractivity contribution is -0.0501. The number of ether oxygens (including phenoxy) is 1. The molecule has 7 N–H and O–H groups in total. The van der Waals surface area contributed by atoms with E-state index in [0.29, 0.717) is 5.69 Å². The number of fused-ring (bicyclic) bond motifs is 4. The molecule has 34 heavy (non-hydrogen) atoms. The van der Waals surface area contributed by atoms with Gasteiger partial charge in [-0.1, -0.05) is 30.3 Å². The second-order valence-corrected chi connectivity index (χ2v) is 8.49. The molecule has 0 spiro atoms. The first-order valence-electron chi connectivity index (χ1n) is 10.8. The van der Waals surface area contributed by atoms with E-state index in [2.05, 4.69) is 32.4 Å². The molecular formula is C23H22N6O5. The Kier molecular flexibility index (Phi) is 4.67. The van der Waals surface area contributed by atoms with E-state index in [4.69, 9.17) is 10.5 Å². The van der Waals surface area contributed by atoms with Crippen LogP contribution in [0.15, 0.2) is 47.3 Å². The van der Waals surface area contributed by atoms with Crippen LogP contribution in [-0.2, 0) is 11.2 Å². The highest BCUT2D eigenvalue weighted by Crippen LogP contribution is 2.39. The lowest BCUT2D eigenvalue weighted by Gasteiger charge is -2.20. The Morgan fingerprint density at radius 3 is 2.71 bits per heavy atom. The highest BCUT2D eigenvalue weighted by molar-refractivity contribution is 5.80. The van der Waals surface area contributed by atoms with Crippen LogP contribution >= 0.6 is 0 Å². The Bertz CT molecular complexity index is 1480. The number of imidazole rings is 1. The molecule has 4 atom stereocenters. The van der Waals surface area contributed by atoms with Gasteiger partial charge in [0.1, 0.15) is 18.3 Å². The summed E-state index contributed by atoms with van der Waals surface area (Å²) in [4.78, 5) is 23.5. The zero-order valence-corrected chi connectivity index (χ0v) is 17.8. The molecule has 1 aliphatic heterocycles. The van der Waals surface area contributed by atoms with Crippen LogP contribution in [-0.4, -0.2) is 59.8 Å². The zero-order valence-electron chi connectivity index (χ0n) is 17.8. The maximum atomic E-state index is 12.5. The minimum absolute atomic E-state index is 0.0111. The van der Waals surface area contributed by atoms with Gasteiger partial charge in [-0.2, -0.15) is 4.98 Å². The van der Waals surface area contributed by atoms with Crippen molar-refractivity contribution in [2.45, 2.75) is 31.0 Å². The predicted molar refractivity (Wildman–Crippen MR) is 124 cm³/mol. The first-order chi connectivity index (χ1) is 16.4. The molecule has 0 bridgehead atoms. The molecule has 1 saturated heterocycles. The fourth-order valence-electron chi connectivity index (χ4n) is 4.78. The maximum Gasteiger partial charge on any atom is 0.280 e. The predicted octanol–water partition coefficient (Wildman–Crippen LogP) is 0.628. The number of benzene rings is 2. The highest BCUT2D eigenvalue weighted by atomic mass is 16.6. The monoisotopic (exact) mass is 462 g/mol. The van der Waals surface area contributed by atoms with Crippen LogP contribution < -0.4 is 16.6 Å². The van der Waals surface area contributed by atoms with Crippen LogP contribution in [0.1, 0.15) is 17.4 Å². The zero-order chi connectivity index (χ0) is 23.6. The fraction of sp³-hybridized carbons (Fsp3) is 0.261. The first kappa shape index (κ1) is 20.8. The Morgan fingerprint density at radius 2 is 1.91 bits per heavy atom. The molecule has 0 saturated carbocycles. The SMILES string of the molecule is Nc1nc2c(nc(Nc3ccc4c(c3)Cc3ccccc3-4)n2C2OC(CO)C(O)C2O)c(=O)[nH]1. The lowest BCUT2D eigenvalue weighted by atomic mass is 10.1. The molecule has 0 amide bonds. The number of hydrogen-bond donors (Lipinski definition) is 6. The molecule has 174 valence electrons. The molecule has 1 fully saturated rings. The number of nitrogen functional groups attached to an aromatic ring is 1. The molecule has 6 rings (SSSR count). The normalized spacial score (nSPS) is 23.3. The molecule has 2 aromatic heterocycles. The number of hydrogen-bond acceptors (Lipinski definition) is 9. The summed E-state index contributed by atoms with van der Waals surface area (Å²) in [6.45, 7) is -0.494. The summed E-state index contributed by atoms with van der Waals surface area (Å²) in [6, 6.07) is 14.1. The first-order valence-corrected chi connectivity index (χ1v) is 10.8. The summed E-state index contributed by atoms with van der Waals surface area (Å²) in [5.41, 5.74) is 10.7. The van der Waals surface area contributed by atoms with Crippen LogP contribution in [0.4, 0.5) is 17.6 Å². The molecule has 2 aromatic carbocycles. The van der Waals surface area contributed by atoms with E-state index in [1.165, 1.54) is 15.7 Å². The van der Waals surface area contributed by atoms with Crippen LogP contribution in [0.2, 0.25) is 0 Å². The third-order valence-corrected chi connectivity index (χ3v) is 6.39. The van der Waals surface area contributed by atoms with Crippen molar-refractivity contribution in [3.63, 3.8) is 0 Å². The quantitative estimate of drug-likeness (QED) is 0.224. The van der Waals surface area contributed by atoms with E-state index in [0.717, 1.165) is 17.5 Å². The number of nitrogens with two attached hydrogens (primary N) is 1. The highest BCUT2D eigenvalue weighted by Gasteiger charge is 2.45. The van der Waals surface area contributed by atoms with E-state index in [1.807, 2.05) is 30.3 Å². The molecule has 2 aliphatic rings. The summed E-state index contributed by atoms with van der Waals surface area (Å²) in [5.74, 6) is 0.0381. The second kappa shape index (κ2) is 7.64. The number of rotatable bonds is 4. The molecule has 3 heterocycles. The van der Waals surface area contributed by atoms with Crippen LogP contribution in [0.25, 0.3) is 22.3 Å². The van der Waals surface area contributed by atoms with E-state index in [1.54, 1.807) is 0 Å². The molecule has 11 nitrogen and oxygen atoms in total. The average molecular weight is 462 g/mol. The van der Waals surface area contributed by atoms with Crippen molar-refractivity contribution in [3.05, 3.63) is 63.9 Å². The number of anilines is 3. The molecule has 0 radical (unpaired) electrons. The third-order valence-electron chi connectivity index (χ3n) is 6.39. The van der Waals surface area contributed by atoms with Crippen molar-refractivity contribution in [3.8, 4) is 11.1 Å². The van der Waals surface area contributed by atoms with Gasteiger partial charge in [0.2, 0.25) is 11.9 Å². The number of aromatic nitrogens is 4. The van der Waals surface area contributed by atoms with Gasteiger partial charge in [-0.15, -0.1) is 0 Å². The van der Waals surface area contributed by atoms with Crippen molar-refractivity contribution < 1.29 is 20.1 Å². The van der Waals surface area contributed by atoms with Crippen molar-refractivity contribution in [2.24, 2.45) is 0 Å². The van der Waals surface area contributed by atoms with Crippen LogP contribution in [0, 0.1) is 0 Å². The standard InChI is InChI=1S/C23H22N6O5/c24-22-27-19-16(20(33)28-22)26-23(29(19)21-18(32)17(31)15(9-30)34-21)25-12-5-6-14-11(8-12)7-10-3-1-2-4-13(10)14/h1-6,8,15,17-18,21,30-32H,7,9H2,(H,25,26)(H3,24,27,28,33). The number of aliphatic hydroxyl groups excluding tert-OH is 3. The topological polar surface area (TPSA) is 172 Å². The van der Waals surface area contributed by atoms with Crippen molar-refractivity contribution in [1.29, 1.82) is 0 Å². The van der Waals surface area contributed by atoms with E-state index < -0.39 is 36.7 Å². The van der Waals surface area contributed by atoms with Gasteiger partial charge in [-0.05, 0) is 40.8 Å². The molecule has 4 aromatic rings. The van der Waals surface area contributed by atoms with E-state index >= 15 is 0 Å². The Labute approximate surface area is 192 Å². The third kappa shape index (κ3) is 3.10. The number of nitrogens with one attached hydrogen (secondary N) is 2. The molecular weight excluding hydrogens is 440 g/mol. The Hall–Kier alpha value is -3.77. The van der Waals surface area contributed by atoms with Crippen LogP contribution in [0.5, 0.6) is 0 Å². The minimum Gasteiger partial charge on any atom is -0.394 e. The second-order valence-electron chi connectivity index (χ2n) is 8.49. The van der Waals surface area contributed by atoms with Gasteiger partial charge in [0, 0.05) is 5.69 Å². The number of H-pyrrole nitrogens is 1. The van der Waals surface area contributed by atoms with Crippen LogP contribution in [0.3, 0.4) is 0 Å². The van der Waals surface area contributed by atoms with Crippen molar-refractivity contribution in [1.82, 2.24) is 19.5 Å². The summed E-state index contributed by atoms with van der Waals surface area (Å²) in [6.07, 6.45) is -4.11. The summed E-state index contributed by atoms with van der Waals surface area (Å²) >= 11 is 0. The smallest absolute Gasteiger partial charge is 0.280 e. The summed E-state index contributed by atoms with van der Waals surface area (Å²) in [5, 5.41) is 33.6. The average Bonchev–Trinajstić information content (AvgIpc) is 3.45. The van der Waals surface area contributed by atoms with Gasteiger partial charge in [-0.25, -0.2) is 4.98 Å². The molecule has 1 aliphatic carbocycles. The van der Waals surface area contributed by atoms with Gasteiger partial charge in [0.25, 0.3) is 5.56 Å². The van der Waals surface area contributed by atoms with Gasteiger partial charge in [0.15, 0.2) is 17.4 Å². The van der Waals surface area contributed by atoms with Gasteiger partial charge < -0.3 is 31.1 Å². The number of aromatic amines is 1. The molecule has 4 unspecified atom stereocenters. The maximum absolute atomic E-state index is 12.5. The number of nitrogens with zero attached hydrogens (tertiary/aromatic N) is 3. The fourth-order valence-corrected chi connectivity index (χ4v) is 4.78. The van der Waals surface area contributed by atoms with E-state index in [9.17, 15) is 20.1 Å². The van der Waals surface area contributed by atoms with Crippen molar-refractivity contribution in [2.75, 3.05) is 17.7 Å². The minimum atomic E-state index is -1.40. The lowest BCUT2D eigenvalue weighted by Crippen LogP contribution is -2.33.